The van der Waals surface area contributed by atoms with Gasteiger partial charge in [-0.05, 0) is 89.9 Å². The summed E-state index contributed by atoms with van der Waals surface area (Å²) in [4.78, 5) is 24.6. The molecule has 6 nitrogen and oxygen atoms in total. The number of carbonyl (C=O) groups is 2. The lowest BCUT2D eigenvalue weighted by Gasteiger charge is -2.20. The lowest BCUT2D eigenvalue weighted by molar-refractivity contribution is -0.143. The molecule has 0 aliphatic heterocycles. The van der Waals surface area contributed by atoms with E-state index in [4.69, 9.17) is 4.74 Å². The van der Waals surface area contributed by atoms with Crippen LogP contribution in [0.3, 0.4) is 0 Å². The third kappa shape index (κ3) is 68.9. The highest BCUT2D eigenvalue weighted by Crippen LogP contribution is 2.19. The zero-order valence-electron chi connectivity index (χ0n) is 56.6. The summed E-state index contributed by atoms with van der Waals surface area (Å²) >= 11 is 0. The molecule has 2 atom stereocenters. The Morgan fingerprint density at radius 1 is 0.333 bits per heavy atom. The summed E-state index contributed by atoms with van der Waals surface area (Å²) in [5.41, 5.74) is 0. The lowest BCUT2D eigenvalue weighted by atomic mass is 10.0. The molecule has 0 fully saturated rings. The van der Waals surface area contributed by atoms with Crippen molar-refractivity contribution >= 4 is 11.9 Å². The van der Waals surface area contributed by atoms with Crippen molar-refractivity contribution in [3.8, 4) is 0 Å². The van der Waals surface area contributed by atoms with Crippen LogP contribution in [0.25, 0.3) is 0 Å². The van der Waals surface area contributed by atoms with Crippen molar-refractivity contribution in [2.45, 2.75) is 424 Å². The van der Waals surface area contributed by atoms with Crippen LogP contribution >= 0.6 is 0 Å². The van der Waals surface area contributed by atoms with Crippen molar-refractivity contribution in [2.24, 2.45) is 0 Å². The smallest absolute Gasteiger partial charge is 0.305 e. The molecular formula is C78H147NO5. The first-order chi connectivity index (χ1) is 41.5. The van der Waals surface area contributed by atoms with Gasteiger partial charge in [0.2, 0.25) is 5.91 Å². The number of amides is 1. The van der Waals surface area contributed by atoms with Gasteiger partial charge in [-0.1, -0.05) is 358 Å². The highest BCUT2D eigenvalue weighted by atomic mass is 16.5. The van der Waals surface area contributed by atoms with Crippen molar-refractivity contribution in [3.05, 3.63) is 48.6 Å². The van der Waals surface area contributed by atoms with E-state index in [1.807, 2.05) is 6.08 Å². The number of allylic oxidation sites excluding steroid dienone is 7. The molecule has 0 aromatic carbocycles. The van der Waals surface area contributed by atoms with Gasteiger partial charge in [0.1, 0.15) is 0 Å². The molecule has 494 valence electrons. The molecule has 0 aromatic rings. The van der Waals surface area contributed by atoms with E-state index in [1.165, 1.54) is 334 Å². The second kappa shape index (κ2) is 73.3. The summed E-state index contributed by atoms with van der Waals surface area (Å²) in [5, 5.41) is 23.3. The predicted molar refractivity (Wildman–Crippen MR) is 370 cm³/mol. The molecule has 0 saturated carbocycles. The van der Waals surface area contributed by atoms with Crippen LogP contribution in [0, 0.1) is 0 Å². The molecule has 0 saturated heterocycles. The number of aliphatic hydroxyl groups excluding tert-OH is 2. The van der Waals surface area contributed by atoms with Crippen LogP contribution in [0.5, 0.6) is 0 Å². The number of hydrogen-bond donors (Lipinski definition) is 3. The number of nitrogens with one attached hydrogen (secondary N) is 1. The molecule has 0 spiro atoms. The average molecular weight is 1180 g/mol. The van der Waals surface area contributed by atoms with Crippen LogP contribution < -0.4 is 5.32 Å². The zero-order valence-corrected chi connectivity index (χ0v) is 56.6. The van der Waals surface area contributed by atoms with Crippen LogP contribution in [0.4, 0.5) is 0 Å². The molecule has 2 unspecified atom stereocenters. The quantitative estimate of drug-likeness (QED) is 0.0320. The first-order valence-electron chi connectivity index (χ1n) is 37.9. The van der Waals surface area contributed by atoms with Crippen molar-refractivity contribution in [1.82, 2.24) is 5.32 Å². The van der Waals surface area contributed by atoms with Crippen molar-refractivity contribution in [3.63, 3.8) is 0 Å². The van der Waals surface area contributed by atoms with Crippen LogP contribution in [0.2, 0.25) is 0 Å². The molecule has 0 bridgehead atoms. The van der Waals surface area contributed by atoms with E-state index in [0.717, 1.165) is 51.4 Å². The van der Waals surface area contributed by atoms with Gasteiger partial charge in [0, 0.05) is 12.8 Å². The Labute approximate surface area is 525 Å². The van der Waals surface area contributed by atoms with Gasteiger partial charge in [-0.2, -0.15) is 0 Å². The number of esters is 1. The minimum absolute atomic E-state index is 0.00238. The minimum atomic E-state index is -0.847. The summed E-state index contributed by atoms with van der Waals surface area (Å²) in [6.45, 7) is 4.92. The molecule has 1 amide bonds. The summed E-state index contributed by atoms with van der Waals surface area (Å²) in [7, 11) is 0. The molecule has 0 radical (unpaired) electrons. The summed E-state index contributed by atoms with van der Waals surface area (Å²) in [5.74, 6) is -0.0617. The van der Waals surface area contributed by atoms with Gasteiger partial charge in [0.25, 0.3) is 0 Å². The van der Waals surface area contributed by atoms with E-state index in [2.05, 4.69) is 55.6 Å². The monoisotopic (exact) mass is 1180 g/mol. The van der Waals surface area contributed by atoms with Crippen molar-refractivity contribution in [1.29, 1.82) is 0 Å². The lowest BCUT2D eigenvalue weighted by Crippen LogP contribution is -2.45. The minimum Gasteiger partial charge on any atom is -0.466 e. The molecular weight excluding hydrogens is 1030 g/mol. The normalized spacial score (nSPS) is 12.8. The van der Waals surface area contributed by atoms with Crippen LogP contribution in [0.1, 0.15) is 412 Å². The number of ether oxygens (including phenoxy) is 1. The fraction of sp³-hybridized carbons (Fsp3) is 0.872. The number of hydrogen-bond acceptors (Lipinski definition) is 5. The fourth-order valence-electron chi connectivity index (χ4n) is 11.8. The summed E-state index contributed by atoms with van der Waals surface area (Å²) < 4.78 is 5.49. The number of aliphatic hydroxyl groups is 2. The highest BCUT2D eigenvalue weighted by Gasteiger charge is 2.18. The highest BCUT2D eigenvalue weighted by molar-refractivity contribution is 5.76. The maximum atomic E-state index is 12.5. The van der Waals surface area contributed by atoms with Crippen LogP contribution in [-0.4, -0.2) is 47.4 Å². The first kappa shape index (κ1) is 81.8. The third-order valence-corrected chi connectivity index (χ3v) is 17.6. The Balaban J connectivity index is 3.41. The van der Waals surface area contributed by atoms with E-state index in [1.54, 1.807) is 6.08 Å². The van der Waals surface area contributed by atoms with Gasteiger partial charge in [0.05, 0.1) is 25.4 Å². The Bertz CT molecular complexity index is 1400. The Morgan fingerprint density at radius 3 is 0.929 bits per heavy atom. The van der Waals surface area contributed by atoms with Gasteiger partial charge in [-0.25, -0.2) is 0 Å². The molecule has 0 aromatic heterocycles. The molecule has 0 rings (SSSR count). The van der Waals surface area contributed by atoms with E-state index >= 15 is 0 Å². The van der Waals surface area contributed by atoms with E-state index < -0.39 is 12.1 Å². The van der Waals surface area contributed by atoms with Gasteiger partial charge in [0.15, 0.2) is 0 Å². The molecule has 0 aliphatic rings. The van der Waals surface area contributed by atoms with Crippen LogP contribution in [0.15, 0.2) is 48.6 Å². The maximum absolute atomic E-state index is 12.5. The largest absolute Gasteiger partial charge is 0.466 e. The molecule has 0 aliphatic carbocycles. The molecule has 84 heavy (non-hydrogen) atoms. The van der Waals surface area contributed by atoms with E-state index in [-0.39, 0.29) is 18.5 Å². The average Bonchev–Trinajstić information content (AvgIpc) is 3.53. The van der Waals surface area contributed by atoms with Gasteiger partial charge in [-0.3, -0.25) is 9.59 Å². The zero-order chi connectivity index (χ0) is 60.6. The van der Waals surface area contributed by atoms with Gasteiger partial charge >= 0.3 is 5.97 Å². The molecule has 3 N–H and O–H groups in total. The number of rotatable bonds is 71. The number of unbranched alkanes of at least 4 members (excludes halogenated alkanes) is 54. The van der Waals surface area contributed by atoms with E-state index in [0.29, 0.717) is 19.4 Å². The summed E-state index contributed by atoms with van der Waals surface area (Å²) in [6, 6.07) is -0.630. The van der Waals surface area contributed by atoms with Crippen molar-refractivity contribution in [2.75, 3.05) is 13.2 Å². The SMILES string of the molecule is CCCCCC/C=C\C/C=C\CCCCCCCC(=O)OCCCCCCCCCCCCCC/C=C\CCCCCCCCCCCCCCC(=O)NC(CO)C(O)/C=C/CCCCCCCCCCCCCCCCCCCCCCC. The fourth-order valence-corrected chi connectivity index (χ4v) is 11.8. The Morgan fingerprint density at radius 2 is 0.595 bits per heavy atom. The second-order valence-electron chi connectivity index (χ2n) is 26.0. The third-order valence-electron chi connectivity index (χ3n) is 17.6. The molecule has 6 heteroatoms. The van der Waals surface area contributed by atoms with E-state index in [9.17, 15) is 19.8 Å². The predicted octanol–water partition coefficient (Wildman–Crippen LogP) is 24.8. The first-order valence-corrected chi connectivity index (χ1v) is 37.9. The van der Waals surface area contributed by atoms with Crippen LogP contribution in [-0.2, 0) is 14.3 Å². The maximum Gasteiger partial charge on any atom is 0.305 e. The Hall–Kier alpha value is -2.18. The Kier molecular flexibility index (Phi) is 71.4. The van der Waals surface area contributed by atoms with Gasteiger partial charge < -0.3 is 20.3 Å². The topological polar surface area (TPSA) is 95.9 Å². The number of carbonyl (C=O) groups excluding carboxylic acids is 2. The molecule has 0 heterocycles. The second-order valence-corrected chi connectivity index (χ2v) is 26.0. The summed E-state index contributed by atoms with van der Waals surface area (Å²) in [6.07, 6.45) is 96.4. The standard InChI is InChI=1S/C78H147NO5/c1-3-5-7-9-11-13-15-17-19-21-22-23-30-33-36-39-42-46-50-54-58-62-66-70-76(81)75(74-80)79-77(82)71-67-63-59-55-51-47-43-40-37-34-31-28-26-24-25-27-29-32-35-38-41-45-49-53-57-61-65-69-73-84-78(83)72-68-64-60-56-52-48-44-20-18-16-14-12-10-8-6-4-2/h14,16,20,24-25,44,66,70,75-76,80-81H,3-13,15,17-19,21-23,26-43,45-65,67-69,71-74H2,1-2H3,(H,79,82)/b16-14-,25-24-,44-20-,70-66+. The van der Waals surface area contributed by atoms with Gasteiger partial charge in [-0.15, -0.1) is 0 Å². The van der Waals surface area contributed by atoms with Crippen molar-refractivity contribution < 1.29 is 24.5 Å².